The number of rotatable bonds is 3. The molecule has 3 unspecified atom stereocenters. The summed E-state index contributed by atoms with van der Waals surface area (Å²) in [5.41, 5.74) is 0.522. The van der Waals surface area contributed by atoms with Crippen molar-refractivity contribution in [3.8, 4) is 0 Å². The fourth-order valence-electron chi connectivity index (χ4n) is 4.07. The molecule has 3 atom stereocenters. The zero-order valence-electron chi connectivity index (χ0n) is 11.3. The third kappa shape index (κ3) is 1.52. The maximum atomic E-state index is 12.2. The van der Waals surface area contributed by atoms with Gasteiger partial charge in [-0.15, -0.1) is 0 Å². The lowest BCUT2D eigenvalue weighted by atomic mass is 9.68. The van der Waals surface area contributed by atoms with Crippen molar-refractivity contribution < 1.29 is 19.1 Å². The molecule has 106 valence electrons. The van der Waals surface area contributed by atoms with E-state index in [4.69, 9.17) is 4.74 Å². The lowest BCUT2D eigenvalue weighted by Crippen LogP contribution is -2.69. The second kappa shape index (κ2) is 4.30. The van der Waals surface area contributed by atoms with Crippen molar-refractivity contribution in [1.82, 2.24) is 4.90 Å². The first-order valence-corrected chi connectivity index (χ1v) is 6.85. The predicted octanol–water partition coefficient (Wildman–Crippen LogP) is 1.20. The van der Waals surface area contributed by atoms with Crippen LogP contribution in [-0.4, -0.2) is 34.8 Å². The van der Waals surface area contributed by atoms with E-state index in [9.17, 15) is 14.4 Å². The van der Waals surface area contributed by atoms with Crippen molar-refractivity contribution in [3.05, 3.63) is 24.8 Å². The molecule has 3 fully saturated rings. The summed E-state index contributed by atoms with van der Waals surface area (Å²) in [6.45, 7) is 6.97. The number of ether oxygens (including phenoxy) is 1. The average molecular weight is 275 g/mol. The van der Waals surface area contributed by atoms with Crippen molar-refractivity contribution in [2.45, 2.75) is 31.2 Å². The van der Waals surface area contributed by atoms with Crippen LogP contribution < -0.4 is 0 Å². The number of carbonyl (C=O) groups excluding carboxylic acids is 3. The van der Waals surface area contributed by atoms with Crippen LogP contribution in [-0.2, 0) is 19.1 Å². The Morgan fingerprint density at radius 2 is 2.20 bits per heavy atom. The molecule has 1 heterocycles. The number of hydrogen-bond acceptors (Lipinski definition) is 4. The van der Waals surface area contributed by atoms with Crippen molar-refractivity contribution in [3.63, 3.8) is 0 Å². The van der Waals surface area contributed by atoms with Gasteiger partial charge in [0.15, 0.2) is 6.61 Å². The topological polar surface area (TPSA) is 63.7 Å². The SMILES string of the molecule is C=CC(=O)OCC(=O)N1C(=O)CC12C(=C)C1CCC2C1. The number of fused-ring (bicyclic) bond motifs is 3. The summed E-state index contributed by atoms with van der Waals surface area (Å²) < 4.78 is 4.75. The van der Waals surface area contributed by atoms with Crippen LogP contribution in [0.5, 0.6) is 0 Å². The van der Waals surface area contributed by atoms with E-state index in [0.717, 1.165) is 30.9 Å². The summed E-state index contributed by atoms with van der Waals surface area (Å²) in [5.74, 6) is -0.550. The summed E-state index contributed by atoms with van der Waals surface area (Å²) >= 11 is 0. The highest BCUT2D eigenvalue weighted by molar-refractivity contribution is 6.04. The number of β-lactam (4-membered cyclic amide) rings is 1. The van der Waals surface area contributed by atoms with E-state index in [1.807, 2.05) is 0 Å². The molecule has 1 spiro atoms. The summed E-state index contributed by atoms with van der Waals surface area (Å²) in [4.78, 5) is 36.4. The van der Waals surface area contributed by atoms with Crippen LogP contribution in [0.25, 0.3) is 0 Å². The number of nitrogens with zero attached hydrogens (tertiary/aromatic N) is 1. The van der Waals surface area contributed by atoms with Crippen LogP contribution in [0, 0.1) is 11.8 Å². The van der Waals surface area contributed by atoms with Gasteiger partial charge in [0.25, 0.3) is 5.91 Å². The van der Waals surface area contributed by atoms with E-state index >= 15 is 0 Å². The van der Waals surface area contributed by atoms with Crippen molar-refractivity contribution in [1.29, 1.82) is 0 Å². The normalized spacial score (nSPS) is 34.3. The number of carbonyl (C=O) groups is 3. The molecular formula is C15H17NO4. The van der Waals surface area contributed by atoms with Crippen LogP contribution >= 0.6 is 0 Å². The Kier molecular flexibility index (Phi) is 2.81. The monoisotopic (exact) mass is 275 g/mol. The maximum Gasteiger partial charge on any atom is 0.330 e. The first-order valence-electron chi connectivity index (χ1n) is 6.85. The van der Waals surface area contributed by atoms with Crippen LogP contribution in [0.3, 0.4) is 0 Å². The van der Waals surface area contributed by atoms with Gasteiger partial charge in [0.2, 0.25) is 5.91 Å². The molecule has 0 aromatic rings. The predicted molar refractivity (Wildman–Crippen MR) is 70.3 cm³/mol. The highest BCUT2D eigenvalue weighted by Gasteiger charge is 2.66. The minimum absolute atomic E-state index is 0.196. The zero-order valence-corrected chi connectivity index (χ0v) is 11.3. The molecule has 1 saturated heterocycles. The molecule has 2 aliphatic carbocycles. The summed E-state index contributed by atoms with van der Waals surface area (Å²) in [6, 6.07) is 0. The molecule has 1 aliphatic heterocycles. The van der Waals surface area contributed by atoms with Gasteiger partial charge in [-0.1, -0.05) is 13.2 Å². The van der Waals surface area contributed by atoms with Gasteiger partial charge in [0.1, 0.15) is 0 Å². The fraction of sp³-hybridized carbons (Fsp3) is 0.533. The summed E-state index contributed by atoms with van der Waals surface area (Å²) in [7, 11) is 0. The van der Waals surface area contributed by atoms with E-state index in [0.29, 0.717) is 18.3 Å². The Morgan fingerprint density at radius 3 is 2.75 bits per heavy atom. The molecule has 0 aromatic heterocycles. The number of likely N-dealkylation sites (tertiary alicyclic amines) is 1. The van der Waals surface area contributed by atoms with E-state index in [1.165, 1.54) is 4.90 Å². The molecule has 3 aliphatic rings. The second-order valence-electron chi connectivity index (χ2n) is 5.77. The summed E-state index contributed by atoms with van der Waals surface area (Å²) in [6.07, 6.45) is 4.52. The Labute approximate surface area is 117 Å². The van der Waals surface area contributed by atoms with Crippen LogP contribution in [0.1, 0.15) is 25.7 Å². The molecule has 5 nitrogen and oxygen atoms in total. The van der Waals surface area contributed by atoms with Gasteiger partial charge in [0, 0.05) is 6.08 Å². The lowest BCUT2D eigenvalue weighted by Gasteiger charge is -2.54. The van der Waals surface area contributed by atoms with Gasteiger partial charge in [-0.2, -0.15) is 0 Å². The minimum Gasteiger partial charge on any atom is -0.452 e. The highest BCUT2D eigenvalue weighted by Crippen LogP contribution is 2.61. The van der Waals surface area contributed by atoms with Crippen molar-refractivity contribution >= 4 is 17.8 Å². The Morgan fingerprint density at radius 1 is 1.45 bits per heavy atom. The Bertz CT molecular complexity index is 538. The third-order valence-corrected chi connectivity index (χ3v) is 4.98. The molecule has 2 bridgehead atoms. The van der Waals surface area contributed by atoms with Gasteiger partial charge in [0.05, 0.1) is 12.0 Å². The smallest absolute Gasteiger partial charge is 0.330 e. The Hall–Kier alpha value is -1.91. The molecular weight excluding hydrogens is 258 g/mol. The molecule has 20 heavy (non-hydrogen) atoms. The zero-order chi connectivity index (χ0) is 14.5. The van der Waals surface area contributed by atoms with Gasteiger partial charge in [-0.25, -0.2) is 4.79 Å². The largest absolute Gasteiger partial charge is 0.452 e. The van der Waals surface area contributed by atoms with Crippen LogP contribution in [0.2, 0.25) is 0 Å². The molecule has 0 radical (unpaired) electrons. The van der Waals surface area contributed by atoms with E-state index < -0.39 is 24.0 Å². The Balaban J connectivity index is 1.77. The van der Waals surface area contributed by atoms with E-state index in [2.05, 4.69) is 13.2 Å². The summed E-state index contributed by atoms with van der Waals surface area (Å²) in [5, 5.41) is 0. The van der Waals surface area contributed by atoms with E-state index in [1.54, 1.807) is 0 Å². The van der Waals surface area contributed by atoms with Gasteiger partial charge in [-0.05, 0) is 36.7 Å². The van der Waals surface area contributed by atoms with E-state index in [-0.39, 0.29) is 5.91 Å². The third-order valence-electron chi connectivity index (χ3n) is 4.98. The quantitative estimate of drug-likeness (QED) is 0.336. The first kappa shape index (κ1) is 13.1. The molecule has 3 rings (SSSR count). The molecule has 5 heteroatoms. The lowest BCUT2D eigenvalue weighted by molar-refractivity contribution is -0.172. The number of imide groups is 1. The molecule has 0 N–H and O–H groups in total. The van der Waals surface area contributed by atoms with Crippen molar-refractivity contribution in [2.24, 2.45) is 11.8 Å². The molecule has 2 saturated carbocycles. The highest BCUT2D eigenvalue weighted by atomic mass is 16.5. The second-order valence-corrected chi connectivity index (χ2v) is 5.77. The maximum absolute atomic E-state index is 12.2. The van der Waals surface area contributed by atoms with Crippen LogP contribution in [0.4, 0.5) is 0 Å². The number of esters is 1. The fourth-order valence-corrected chi connectivity index (χ4v) is 4.07. The minimum atomic E-state index is -0.660. The first-order chi connectivity index (χ1) is 9.50. The molecule has 2 amide bonds. The average Bonchev–Trinajstić information content (AvgIpc) is 2.98. The van der Waals surface area contributed by atoms with Crippen LogP contribution in [0.15, 0.2) is 24.8 Å². The molecule has 0 aromatic carbocycles. The standard InChI is InChI=1S/C15H17NO4/c1-3-14(19)20-8-13(18)16-12(17)7-15(16)9(2)10-4-5-11(15)6-10/h3,10-11H,1-2,4-8H2. The van der Waals surface area contributed by atoms with Gasteiger partial charge in [-0.3, -0.25) is 14.5 Å². The number of hydrogen-bond donors (Lipinski definition) is 0. The van der Waals surface area contributed by atoms with Gasteiger partial charge < -0.3 is 4.74 Å². The number of amides is 2. The van der Waals surface area contributed by atoms with Crippen molar-refractivity contribution in [2.75, 3.05) is 6.61 Å². The van der Waals surface area contributed by atoms with Gasteiger partial charge >= 0.3 is 5.97 Å².